The van der Waals surface area contributed by atoms with Gasteiger partial charge in [-0.3, -0.25) is 9.59 Å². The minimum atomic E-state index is -0.371. The number of nitrogens with one attached hydrogen (secondary N) is 1. The van der Waals surface area contributed by atoms with E-state index in [1.165, 1.54) is 22.6 Å². The van der Waals surface area contributed by atoms with E-state index >= 15 is 0 Å². The van der Waals surface area contributed by atoms with Crippen molar-refractivity contribution in [2.45, 2.75) is 26.2 Å². The molecule has 0 radical (unpaired) electrons. The summed E-state index contributed by atoms with van der Waals surface area (Å²) in [4.78, 5) is 25.3. The quantitative estimate of drug-likeness (QED) is 0.886. The van der Waals surface area contributed by atoms with Crippen molar-refractivity contribution in [2.75, 3.05) is 19.4 Å². The first kappa shape index (κ1) is 16.8. The number of hydrogen-bond donors (Lipinski definition) is 1. The monoisotopic (exact) mass is 314 g/mol. The van der Waals surface area contributed by atoms with Crippen molar-refractivity contribution in [1.29, 1.82) is 0 Å². The normalized spacial score (nSPS) is 10.4. The maximum absolute atomic E-state index is 12.1. The highest BCUT2D eigenvalue weighted by molar-refractivity contribution is 6.03. The molecule has 2 aromatic rings. The lowest BCUT2D eigenvalue weighted by Gasteiger charge is -2.07. The van der Waals surface area contributed by atoms with E-state index in [9.17, 15) is 9.59 Å². The molecule has 0 saturated heterocycles. The van der Waals surface area contributed by atoms with Gasteiger partial charge in [0.15, 0.2) is 11.5 Å². The summed E-state index contributed by atoms with van der Waals surface area (Å²) < 4.78 is 5.31. The van der Waals surface area contributed by atoms with E-state index in [-0.39, 0.29) is 23.3 Å². The van der Waals surface area contributed by atoms with Gasteiger partial charge in [0, 0.05) is 19.8 Å². The van der Waals surface area contributed by atoms with Crippen LogP contribution < -0.4 is 5.32 Å². The number of hydrogen-bond acceptors (Lipinski definition) is 3. The van der Waals surface area contributed by atoms with E-state index in [0.717, 1.165) is 19.3 Å². The summed E-state index contributed by atoms with van der Waals surface area (Å²) in [5, 5.41) is 2.77. The number of carbonyl (C=O) groups excluding carboxylic acids is 2. The summed E-state index contributed by atoms with van der Waals surface area (Å²) in [7, 11) is 3.26. The molecular formula is C18H22N2O3. The van der Waals surface area contributed by atoms with Crippen LogP contribution in [0, 0.1) is 0 Å². The fourth-order valence-corrected chi connectivity index (χ4v) is 2.12. The largest absolute Gasteiger partial charge is 0.446 e. The van der Waals surface area contributed by atoms with Crippen molar-refractivity contribution in [3.8, 4) is 0 Å². The number of carbonyl (C=O) groups is 2. The molecule has 23 heavy (non-hydrogen) atoms. The molecule has 1 N–H and O–H groups in total. The van der Waals surface area contributed by atoms with E-state index < -0.39 is 0 Å². The van der Waals surface area contributed by atoms with Gasteiger partial charge in [-0.15, -0.1) is 0 Å². The summed E-state index contributed by atoms with van der Waals surface area (Å²) in [6.07, 6.45) is 3.35. The summed E-state index contributed by atoms with van der Waals surface area (Å²) in [5.41, 5.74) is 1.95. The zero-order chi connectivity index (χ0) is 16.8. The summed E-state index contributed by atoms with van der Waals surface area (Å²) >= 11 is 0. The number of rotatable bonds is 6. The molecule has 0 spiro atoms. The Bertz CT molecular complexity index is 672. The Morgan fingerprint density at radius 2 is 1.70 bits per heavy atom. The molecule has 5 heteroatoms. The van der Waals surface area contributed by atoms with Crippen LogP contribution in [0.15, 0.2) is 40.8 Å². The third kappa shape index (κ3) is 4.45. The SMILES string of the molecule is CCCCc1ccc(NC(=O)c2ccc(C(=O)N(C)C)o2)cc1. The Hall–Kier alpha value is -2.56. The lowest BCUT2D eigenvalue weighted by Crippen LogP contribution is -2.21. The Morgan fingerprint density at radius 3 is 2.30 bits per heavy atom. The smallest absolute Gasteiger partial charge is 0.291 e. The Morgan fingerprint density at radius 1 is 1.04 bits per heavy atom. The third-order valence-electron chi connectivity index (χ3n) is 3.48. The van der Waals surface area contributed by atoms with Crippen LogP contribution in [0.25, 0.3) is 0 Å². The van der Waals surface area contributed by atoms with E-state index in [1.807, 2.05) is 24.3 Å². The van der Waals surface area contributed by atoms with Crippen molar-refractivity contribution >= 4 is 17.5 Å². The fourth-order valence-electron chi connectivity index (χ4n) is 2.12. The minimum Gasteiger partial charge on any atom is -0.446 e. The first-order valence-electron chi connectivity index (χ1n) is 7.73. The van der Waals surface area contributed by atoms with Crippen molar-refractivity contribution in [3.05, 3.63) is 53.5 Å². The molecule has 2 rings (SSSR count). The van der Waals surface area contributed by atoms with Crippen LogP contribution in [-0.4, -0.2) is 30.8 Å². The summed E-state index contributed by atoms with van der Waals surface area (Å²) in [6.45, 7) is 2.16. The van der Waals surface area contributed by atoms with Crippen molar-refractivity contribution in [1.82, 2.24) is 4.90 Å². The lowest BCUT2D eigenvalue weighted by molar-refractivity contribution is 0.0793. The van der Waals surface area contributed by atoms with E-state index in [0.29, 0.717) is 5.69 Å². The standard InChI is InChI=1S/C18H22N2O3/c1-4-5-6-13-7-9-14(10-8-13)19-17(21)15-11-12-16(23-15)18(22)20(2)3/h7-12H,4-6H2,1-3H3,(H,19,21). The van der Waals surface area contributed by atoms with Crippen molar-refractivity contribution < 1.29 is 14.0 Å². The summed E-state index contributed by atoms with van der Waals surface area (Å²) in [6, 6.07) is 10.8. The molecule has 0 saturated carbocycles. The molecular weight excluding hydrogens is 292 g/mol. The van der Waals surface area contributed by atoms with Crippen LogP contribution >= 0.6 is 0 Å². The number of anilines is 1. The Kier molecular flexibility index (Phi) is 5.57. The second-order valence-electron chi connectivity index (χ2n) is 5.62. The van der Waals surface area contributed by atoms with Gasteiger partial charge in [0.1, 0.15) is 0 Å². The molecule has 5 nitrogen and oxygen atoms in total. The molecule has 2 amide bonds. The average molecular weight is 314 g/mol. The molecule has 0 bridgehead atoms. The Balaban J connectivity index is 2.00. The van der Waals surface area contributed by atoms with Gasteiger partial charge in [-0.25, -0.2) is 0 Å². The number of aryl methyl sites for hydroxylation is 1. The molecule has 0 unspecified atom stereocenters. The van der Waals surface area contributed by atoms with Gasteiger partial charge in [0.25, 0.3) is 11.8 Å². The molecule has 1 aromatic carbocycles. The zero-order valence-corrected chi connectivity index (χ0v) is 13.8. The van der Waals surface area contributed by atoms with Gasteiger partial charge in [0.2, 0.25) is 0 Å². The highest BCUT2D eigenvalue weighted by atomic mass is 16.4. The molecule has 0 aliphatic heterocycles. The topological polar surface area (TPSA) is 62.6 Å². The Labute approximate surface area is 136 Å². The molecule has 0 fully saturated rings. The van der Waals surface area contributed by atoms with Crippen molar-refractivity contribution in [2.24, 2.45) is 0 Å². The lowest BCUT2D eigenvalue weighted by atomic mass is 10.1. The van der Waals surface area contributed by atoms with Gasteiger partial charge in [-0.05, 0) is 42.7 Å². The van der Waals surface area contributed by atoms with Gasteiger partial charge < -0.3 is 14.6 Å². The molecule has 122 valence electrons. The van der Waals surface area contributed by atoms with E-state index in [2.05, 4.69) is 12.2 Å². The third-order valence-corrected chi connectivity index (χ3v) is 3.48. The van der Waals surface area contributed by atoms with E-state index in [1.54, 1.807) is 14.1 Å². The van der Waals surface area contributed by atoms with Crippen molar-refractivity contribution in [3.63, 3.8) is 0 Å². The molecule has 1 heterocycles. The van der Waals surface area contributed by atoms with Gasteiger partial charge in [-0.1, -0.05) is 25.5 Å². The van der Waals surface area contributed by atoms with E-state index in [4.69, 9.17) is 4.42 Å². The second kappa shape index (κ2) is 7.63. The number of unbranched alkanes of at least 4 members (excludes halogenated alkanes) is 1. The van der Waals surface area contributed by atoms with Gasteiger partial charge in [0.05, 0.1) is 0 Å². The number of furan rings is 1. The molecule has 1 aromatic heterocycles. The van der Waals surface area contributed by atoms with Gasteiger partial charge >= 0.3 is 0 Å². The number of benzene rings is 1. The minimum absolute atomic E-state index is 0.116. The summed E-state index contributed by atoms with van der Waals surface area (Å²) in [5.74, 6) is -0.381. The fraction of sp³-hybridized carbons (Fsp3) is 0.333. The molecule has 0 atom stereocenters. The van der Waals surface area contributed by atoms with Crippen LogP contribution in [0.4, 0.5) is 5.69 Å². The predicted molar refractivity (Wildman–Crippen MR) is 89.7 cm³/mol. The number of nitrogens with zero attached hydrogens (tertiary/aromatic N) is 1. The molecule has 0 aliphatic carbocycles. The first-order valence-corrected chi connectivity index (χ1v) is 7.73. The highest BCUT2D eigenvalue weighted by Gasteiger charge is 2.17. The van der Waals surface area contributed by atoms with Crippen LogP contribution in [0.1, 0.15) is 46.4 Å². The second-order valence-corrected chi connectivity index (χ2v) is 5.62. The maximum atomic E-state index is 12.1. The van der Waals surface area contributed by atoms with Crippen LogP contribution in [0.3, 0.4) is 0 Å². The first-order chi connectivity index (χ1) is 11.0. The highest BCUT2D eigenvalue weighted by Crippen LogP contribution is 2.15. The van der Waals surface area contributed by atoms with Crippen LogP contribution in [0.5, 0.6) is 0 Å². The maximum Gasteiger partial charge on any atom is 0.291 e. The average Bonchev–Trinajstić information content (AvgIpc) is 3.03. The predicted octanol–water partition coefficient (Wildman–Crippen LogP) is 3.58. The number of amides is 2. The zero-order valence-electron chi connectivity index (χ0n) is 13.8. The molecule has 0 aliphatic rings. The van der Waals surface area contributed by atoms with Crippen LogP contribution in [0.2, 0.25) is 0 Å². The van der Waals surface area contributed by atoms with Gasteiger partial charge in [-0.2, -0.15) is 0 Å². The van der Waals surface area contributed by atoms with Crippen LogP contribution in [-0.2, 0) is 6.42 Å².